The van der Waals surface area contributed by atoms with Crippen molar-refractivity contribution in [1.29, 1.82) is 0 Å². The lowest BCUT2D eigenvalue weighted by atomic mass is 10.1. The summed E-state index contributed by atoms with van der Waals surface area (Å²) in [5.41, 5.74) is 1.13. The van der Waals surface area contributed by atoms with E-state index in [0.717, 1.165) is 41.9 Å². The monoisotopic (exact) mass is 291 g/mol. The van der Waals surface area contributed by atoms with Gasteiger partial charge < -0.3 is 9.88 Å². The van der Waals surface area contributed by atoms with E-state index in [0.29, 0.717) is 0 Å². The Bertz CT molecular complexity index is 601. The second kappa shape index (κ2) is 5.61. The quantitative estimate of drug-likeness (QED) is 0.940. The number of nitrogens with one attached hydrogen (secondary N) is 1. The largest absolute Gasteiger partial charge is 0.314 e. The Morgan fingerprint density at radius 2 is 2.15 bits per heavy atom. The molecule has 3 rings (SSSR count). The first kappa shape index (κ1) is 13.7. The number of nitrogens with zero attached hydrogens (tertiary/aromatic N) is 4. The summed E-state index contributed by atoms with van der Waals surface area (Å²) in [6.07, 6.45) is 3.53. The van der Waals surface area contributed by atoms with Gasteiger partial charge in [0.15, 0.2) is 0 Å². The van der Waals surface area contributed by atoms with Crippen molar-refractivity contribution in [3.63, 3.8) is 0 Å². The highest BCUT2D eigenvalue weighted by molar-refractivity contribution is 7.11. The van der Waals surface area contributed by atoms with E-state index in [9.17, 15) is 0 Å². The van der Waals surface area contributed by atoms with E-state index in [1.54, 1.807) is 11.3 Å². The molecule has 0 aliphatic carbocycles. The first-order valence-corrected chi connectivity index (χ1v) is 8.05. The second-order valence-corrected chi connectivity index (χ2v) is 6.71. The molecule has 0 aromatic carbocycles. The normalized spacial score (nSPS) is 16.1. The van der Waals surface area contributed by atoms with Gasteiger partial charge in [0, 0.05) is 24.4 Å². The van der Waals surface area contributed by atoms with Crippen LogP contribution < -0.4 is 5.32 Å². The number of aromatic nitrogens is 4. The summed E-state index contributed by atoms with van der Waals surface area (Å²) < 4.78 is 2.28. The summed E-state index contributed by atoms with van der Waals surface area (Å²) >= 11 is 1.77. The topological polar surface area (TPSA) is 55.6 Å². The summed E-state index contributed by atoms with van der Waals surface area (Å²) in [4.78, 5) is 5.78. The lowest BCUT2D eigenvalue weighted by Gasteiger charge is -2.18. The highest BCUT2D eigenvalue weighted by atomic mass is 32.1. The molecule has 0 unspecified atom stereocenters. The zero-order valence-corrected chi connectivity index (χ0v) is 13.1. The molecule has 20 heavy (non-hydrogen) atoms. The van der Waals surface area contributed by atoms with Crippen LogP contribution in [0.2, 0.25) is 0 Å². The summed E-state index contributed by atoms with van der Waals surface area (Å²) in [6, 6.07) is 0.219. The molecule has 2 aromatic heterocycles. The van der Waals surface area contributed by atoms with Crippen LogP contribution in [-0.4, -0.2) is 19.7 Å². The van der Waals surface area contributed by atoms with Crippen molar-refractivity contribution >= 4 is 11.3 Å². The second-order valence-electron chi connectivity index (χ2n) is 5.43. The fourth-order valence-corrected chi connectivity index (χ4v) is 3.61. The van der Waals surface area contributed by atoms with Crippen LogP contribution >= 0.6 is 11.3 Å². The molecule has 1 aliphatic rings. The van der Waals surface area contributed by atoms with E-state index in [1.807, 2.05) is 0 Å². The molecule has 6 heteroatoms. The lowest BCUT2D eigenvalue weighted by Crippen LogP contribution is -2.23. The van der Waals surface area contributed by atoms with Gasteiger partial charge in [0.05, 0.1) is 16.7 Å². The minimum atomic E-state index is 0.219. The molecule has 2 aromatic rings. The first-order chi connectivity index (χ1) is 9.65. The highest BCUT2D eigenvalue weighted by Gasteiger charge is 2.20. The Hall–Kier alpha value is -1.27. The van der Waals surface area contributed by atoms with Gasteiger partial charge in [-0.15, -0.1) is 21.5 Å². The number of thiazole rings is 1. The van der Waals surface area contributed by atoms with Gasteiger partial charge in [-0.05, 0) is 33.6 Å². The van der Waals surface area contributed by atoms with Crippen molar-refractivity contribution in [1.82, 2.24) is 25.1 Å². The van der Waals surface area contributed by atoms with E-state index >= 15 is 0 Å². The van der Waals surface area contributed by atoms with Crippen LogP contribution in [0.25, 0.3) is 0 Å². The minimum absolute atomic E-state index is 0.219. The summed E-state index contributed by atoms with van der Waals surface area (Å²) in [7, 11) is 0. The van der Waals surface area contributed by atoms with Gasteiger partial charge in [0.25, 0.3) is 0 Å². The Balaban J connectivity index is 1.69. The predicted octanol–water partition coefficient (Wildman–Crippen LogP) is 2.54. The zero-order valence-electron chi connectivity index (χ0n) is 12.3. The Morgan fingerprint density at radius 1 is 1.30 bits per heavy atom. The standard InChI is InChI=1S/C14H21N5S/c1-9-12(20-11(3)16-9)8-15-10(2)14-18-17-13-6-4-5-7-19(13)14/h10,15H,4-8H2,1-3H3/t10-/m0/s1. The fourth-order valence-electron chi connectivity index (χ4n) is 2.73. The molecule has 1 N–H and O–H groups in total. The van der Waals surface area contributed by atoms with Gasteiger partial charge in [-0.1, -0.05) is 0 Å². The Labute approximate surface area is 123 Å². The predicted molar refractivity (Wildman–Crippen MR) is 79.8 cm³/mol. The van der Waals surface area contributed by atoms with Crippen molar-refractivity contribution in [2.24, 2.45) is 0 Å². The third kappa shape index (κ3) is 2.62. The summed E-state index contributed by atoms with van der Waals surface area (Å²) in [5, 5.41) is 13.4. The van der Waals surface area contributed by atoms with E-state index in [4.69, 9.17) is 0 Å². The van der Waals surface area contributed by atoms with Crippen LogP contribution in [0.4, 0.5) is 0 Å². The number of aryl methyl sites for hydroxylation is 3. The van der Waals surface area contributed by atoms with Gasteiger partial charge in [-0.25, -0.2) is 4.98 Å². The summed E-state index contributed by atoms with van der Waals surface area (Å²) in [5.74, 6) is 2.21. The third-order valence-corrected chi connectivity index (χ3v) is 4.92. The van der Waals surface area contributed by atoms with Crippen molar-refractivity contribution in [2.75, 3.05) is 0 Å². The smallest absolute Gasteiger partial charge is 0.149 e. The molecule has 0 bridgehead atoms. The Morgan fingerprint density at radius 3 is 2.90 bits per heavy atom. The van der Waals surface area contributed by atoms with Gasteiger partial charge in [0.2, 0.25) is 0 Å². The maximum atomic E-state index is 4.47. The van der Waals surface area contributed by atoms with Crippen LogP contribution in [0.15, 0.2) is 0 Å². The first-order valence-electron chi connectivity index (χ1n) is 7.23. The van der Waals surface area contributed by atoms with Crippen LogP contribution in [0, 0.1) is 13.8 Å². The van der Waals surface area contributed by atoms with Crippen molar-refractivity contribution in [3.05, 3.63) is 27.2 Å². The van der Waals surface area contributed by atoms with Crippen LogP contribution in [0.1, 0.15) is 53.0 Å². The molecule has 0 amide bonds. The van der Waals surface area contributed by atoms with E-state index in [1.165, 1.54) is 17.7 Å². The van der Waals surface area contributed by atoms with Crippen LogP contribution in [0.5, 0.6) is 0 Å². The van der Waals surface area contributed by atoms with Gasteiger partial charge in [-0.3, -0.25) is 0 Å². The number of rotatable bonds is 4. The molecule has 0 radical (unpaired) electrons. The number of fused-ring (bicyclic) bond motifs is 1. The van der Waals surface area contributed by atoms with E-state index in [2.05, 4.69) is 45.8 Å². The number of hydrogen-bond acceptors (Lipinski definition) is 5. The van der Waals surface area contributed by atoms with Crippen LogP contribution in [-0.2, 0) is 19.5 Å². The van der Waals surface area contributed by atoms with Gasteiger partial charge in [-0.2, -0.15) is 0 Å². The molecule has 108 valence electrons. The molecule has 5 nitrogen and oxygen atoms in total. The maximum absolute atomic E-state index is 4.47. The molecule has 0 saturated heterocycles. The molecule has 3 heterocycles. The Kier molecular flexibility index (Phi) is 3.85. The van der Waals surface area contributed by atoms with Crippen molar-refractivity contribution in [3.8, 4) is 0 Å². The molecule has 1 atom stereocenters. The maximum Gasteiger partial charge on any atom is 0.149 e. The SMILES string of the molecule is Cc1nc(C)c(CN[C@@H](C)c2nnc3n2CCCC3)s1. The molecule has 0 spiro atoms. The van der Waals surface area contributed by atoms with Gasteiger partial charge in [0.1, 0.15) is 11.6 Å². The van der Waals surface area contributed by atoms with E-state index in [-0.39, 0.29) is 6.04 Å². The van der Waals surface area contributed by atoms with E-state index < -0.39 is 0 Å². The fraction of sp³-hybridized carbons (Fsp3) is 0.643. The third-order valence-electron chi connectivity index (χ3n) is 3.84. The molecule has 1 aliphatic heterocycles. The molecule has 0 saturated carbocycles. The van der Waals surface area contributed by atoms with Gasteiger partial charge >= 0.3 is 0 Å². The average Bonchev–Trinajstić information content (AvgIpc) is 2.99. The van der Waals surface area contributed by atoms with Crippen molar-refractivity contribution in [2.45, 2.75) is 59.2 Å². The highest BCUT2D eigenvalue weighted by Crippen LogP contribution is 2.21. The zero-order chi connectivity index (χ0) is 14.1. The van der Waals surface area contributed by atoms with Crippen molar-refractivity contribution < 1.29 is 0 Å². The molecular weight excluding hydrogens is 270 g/mol. The lowest BCUT2D eigenvalue weighted by molar-refractivity contribution is 0.466. The molecular formula is C14H21N5S. The summed E-state index contributed by atoms with van der Waals surface area (Å²) in [6.45, 7) is 8.20. The van der Waals surface area contributed by atoms with Crippen LogP contribution in [0.3, 0.4) is 0 Å². The minimum Gasteiger partial charge on any atom is -0.314 e. The molecule has 0 fully saturated rings. The number of hydrogen-bond donors (Lipinski definition) is 1. The average molecular weight is 291 g/mol.